The second-order valence-electron chi connectivity index (χ2n) is 6.07. The van der Waals surface area contributed by atoms with Crippen LogP contribution in [0.15, 0.2) is 0 Å². The summed E-state index contributed by atoms with van der Waals surface area (Å²) in [7, 11) is 0. The van der Waals surface area contributed by atoms with Crippen molar-refractivity contribution >= 4 is 6.09 Å². The van der Waals surface area contributed by atoms with E-state index in [1.165, 1.54) is 0 Å². The molecule has 0 bridgehead atoms. The quantitative estimate of drug-likeness (QED) is 0.749. The summed E-state index contributed by atoms with van der Waals surface area (Å²) in [6.07, 6.45) is 1.31. The number of rotatable bonds is 2. The lowest BCUT2D eigenvalue weighted by Gasteiger charge is -2.44. The molecule has 0 spiro atoms. The third-order valence-corrected chi connectivity index (χ3v) is 3.12. The molecule has 0 atom stereocenters. The summed E-state index contributed by atoms with van der Waals surface area (Å²) in [4.78, 5) is 13.4. The topological polar surface area (TPSA) is 61.8 Å². The van der Waals surface area contributed by atoms with Gasteiger partial charge in [0.15, 0.2) is 0 Å². The maximum atomic E-state index is 11.6. The van der Waals surface area contributed by atoms with Crippen molar-refractivity contribution in [3.8, 4) is 0 Å². The number of hydrogen-bond donors (Lipinski definition) is 2. The molecule has 0 aromatic rings. The lowest BCUT2D eigenvalue weighted by molar-refractivity contribution is -0.00329. The van der Waals surface area contributed by atoms with E-state index in [0.29, 0.717) is 25.2 Å². The van der Waals surface area contributed by atoms with Crippen LogP contribution in [0, 0.1) is 0 Å². The molecule has 1 saturated heterocycles. The van der Waals surface area contributed by atoms with Gasteiger partial charge in [0, 0.05) is 25.2 Å². The van der Waals surface area contributed by atoms with Crippen LogP contribution < -0.4 is 5.32 Å². The maximum Gasteiger partial charge on any atom is 0.410 e. The first-order chi connectivity index (χ1) is 7.83. The summed E-state index contributed by atoms with van der Waals surface area (Å²) in [5.41, 5.74) is -0.423. The molecule has 1 heterocycles. The highest BCUT2D eigenvalue weighted by molar-refractivity contribution is 5.69. The summed E-state index contributed by atoms with van der Waals surface area (Å²) in [5, 5.41) is 12.6. The Hall–Kier alpha value is -0.810. The van der Waals surface area contributed by atoms with Crippen molar-refractivity contribution in [2.45, 2.75) is 57.4 Å². The van der Waals surface area contributed by atoms with Gasteiger partial charge in [-0.3, -0.25) is 0 Å². The minimum absolute atomic E-state index is 0.130. The Balaban J connectivity index is 1.63. The second-order valence-corrected chi connectivity index (χ2v) is 6.07. The summed E-state index contributed by atoms with van der Waals surface area (Å²) < 4.78 is 5.27. The van der Waals surface area contributed by atoms with Gasteiger partial charge in [-0.15, -0.1) is 0 Å². The number of aliphatic hydroxyl groups is 1. The summed E-state index contributed by atoms with van der Waals surface area (Å²) in [5.74, 6) is 0. The lowest BCUT2D eigenvalue weighted by atomic mass is 9.88. The largest absolute Gasteiger partial charge is 0.444 e. The van der Waals surface area contributed by atoms with Gasteiger partial charge in [0.1, 0.15) is 5.60 Å². The lowest BCUT2D eigenvalue weighted by Crippen LogP contribution is -2.64. The van der Waals surface area contributed by atoms with E-state index in [0.717, 1.165) is 12.8 Å². The Kier molecular flexibility index (Phi) is 3.32. The van der Waals surface area contributed by atoms with Crippen molar-refractivity contribution in [2.24, 2.45) is 0 Å². The van der Waals surface area contributed by atoms with E-state index < -0.39 is 5.60 Å². The third kappa shape index (κ3) is 3.33. The van der Waals surface area contributed by atoms with Crippen LogP contribution in [0.1, 0.15) is 33.6 Å². The number of hydrogen-bond acceptors (Lipinski definition) is 4. The van der Waals surface area contributed by atoms with Gasteiger partial charge < -0.3 is 20.1 Å². The van der Waals surface area contributed by atoms with Crippen LogP contribution in [0.25, 0.3) is 0 Å². The molecule has 17 heavy (non-hydrogen) atoms. The minimum atomic E-state index is -0.423. The fourth-order valence-corrected chi connectivity index (χ4v) is 2.12. The summed E-state index contributed by atoms with van der Waals surface area (Å²) in [6.45, 7) is 7.03. The van der Waals surface area contributed by atoms with Crippen molar-refractivity contribution < 1.29 is 14.6 Å². The average molecular weight is 242 g/mol. The van der Waals surface area contributed by atoms with Crippen molar-refractivity contribution in [2.75, 3.05) is 13.1 Å². The molecule has 98 valence electrons. The zero-order chi connectivity index (χ0) is 12.6. The van der Waals surface area contributed by atoms with E-state index in [9.17, 15) is 4.79 Å². The molecule has 1 aliphatic carbocycles. The Morgan fingerprint density at radius 1 is 1.29 bits per heavy atom. The molecule has 5 nitrogen and oxygen atoms in total. The Labute approximate surface area is 102 Å². The van der Waals surface area contributed by atoms with Crippen LogP contribution in [0.4, 0.5) is 4.79 Å². The number of nitrogens with zero attached hydrogens (tertiary/aromatic N) is 1. The van der Waals surface area contributed by atoms with Crippen molar-refractivity contribution in [1.82, 2.24) is 10.2 Å². The smallest absolute Gasteiger partial charge is 0.410 e. The second kappa shape index (κ2) is 4.46. The predicted molar refractivity (Wildman–Crippen MR) is 63.8 cm³/mol. The van der Waals surface area contributed by atoms with E-state index in [1.54, 1.807) is 4.90 Å². The molecule has 1 aliphatic heterocycles. The predicted octanol–water partition coefficient (Wildman–Crippen LogP) is 0.719. The van der Waals surface area contributed by atoms with E-state index in [-0.39, 0.29) is 12.2 Å². The van der Waals surface area contributed by atoms with Gasteiger partial charge in [0.25, 0.3) is 0 Å². The zero-order valence-electron chi connectivity index (χ0n) is 10.8. The molecular weight excluding hydrogens is 220 g/mol. The van der Waals surface area contributed by atoms with Gasteiger partial charge in [-0.05, 0) is 33.6 Å². The summed E-state index contributed by atoms with van der Waals surface area (Å²) >= 11 is 0. The van der Waals surface area contributed by atoms with Crippen LogP contribution >= 0.6 is 0 Å². The number of carbonyl (C=O) groups is 1. The molecule has 1 amide bonds. The molecular formula is C12H22N2O3. The van der Waals surface area contributed by atoms with Crippen molar-refractivity contribution in [3.63, 3.8) is 0 Å². The van der Waals surface area contributed by atoms with Gasteiger partial charge in [-0.1, -0.05) is 0 Å². The van der Waals surface area contributed by atoms with E-state index >= 15 is 0 Å². The maximum absolute atomic E-state index is 11.6. The highest BCUT2D eigenvalue weighted by Gasteiger charge is 2.37. The molecule has 1 saturated carbocycles. The minimum Gasteiger partial charge on any atom is -0.444 e. The van der Waals surface area contributed by atoms with Crippen LogP contribution in [0.5, 0.6) is 0 Å². The monoisotopic (exact) mass is 242 g/mol. The number of carbonyl (C=O) groups excluding carboxylic acids is 1. The van der Waals surface area contributed by atoms with Crippen molar-refractivity contribution in [1.29, 1.82) is 0 Å². The molecule has 2 fully saturated rings. The molecule has 2 rings (SSSR count). The van der Waals surface area contributed by atoms with Crippen LogP contribution in [-0.4, -0.2) is 53.0 Å². The third-order valence-electron chi connectivity index (χ3n) is 3.12. The highest BCUT2D eigenvalue weighted by atomic mass is 16.6. The van der Waals surface area contributed by atoms with E-state index in [4.69, 9.17) is 9.84 Å². The Bertz CT molecular complexity index is 289. The van der Waals surface area contributed by atoms with Gasteiger partial charge in [-0.2, -0.15) is 0 Å². The zero-order valence-corrected chi connectivity index (χ0v) is 10.8. The number of nitrogens with one attached hydrogen (secondary N) is 1. The molecule has 0 unspecified atom stereocenters. The van der Waals surface area contributed by atoms with Gasteiger partial charge in [-0.25, -0.2) is 4.79 Å². The van der Waals surface area contributed by atoms with Gasteiger partial charge in [0.2, 0.25) is 0 Å². The fraction of sp³-hybridized carbons (Fsp3) is 0.917. The van der Waals surface area contributed by atoms with E-state index in [1.807, 2.05) is 20.8 Å². The normalized spacial score (nSPS) is 29.5. The summed E-state index contributed by atoms with van der Waals surface area (Å²) in [6, 6.07) is 0.788. The first-order valence-electron chi connectivity index (χ1n) is 6.25. The first kappa shape index (κ1) is 12.6. The number of likely N-dealkylation sites (tertiary alicyclic amines) is 1. The Morgan fingerprint density at radius 3 is 2.35 bits per heavy atom. The number of amides is 1. The first-order valence-corrected chi connectivity index (χ1v) is 6.25. The van der Waals surface area contributed by atoms with Crippen LogP contribution in [0.2, 0.25) is 0 Å². The molecule has 5 heteroatoms. The van der Waals surface area contributed by atoms with E-state index in [2.05, 4.69) is 5.32 Å². The average Bonchev–Trinajstić information content (AvgIpc) is 2.02. The molecule has 0 radical (unpaired) electrons. The van der Waals surface area contributed by atoms with Gasteiger partial charge in [0.05, 0.1) is 6.10 Å². The van der Waals surface area contributed by atoms with Crippen LogP contribution in [0.3, 0.4) is 0 Å². The number of ether oxygens (including phenoxy) is 1. The Morgan fingerprint density at radius 2 is 1.88 bits per heavy atom. The number of aliphatic hydroxyl groups excluding tert-OH is 1. The standard InChI is InChI=1S/C12H22N2O3/c1-12(2,3)17-11(16)14-6-9(7-14)13-8-4-10(15)5-8/h8-10,13,15H,4-7H2,1-3H3. The fourth-order valence-electron chi connectivity index (χ4n) is 2.12. The molecule has 0 aromatic carbocycles. The van der Waals surface area contributed by atoms with Crippen LogP contribution in [-0.2, 0) is 4.74 Å². The SMILES string of the molecule is CC(C)(C)OC(=O)N1CC(NC2CC(O)C2)C1. The molecule has 2 N–H and O–H groups in total. The molecule has 2 aliphatic rings. The van der Waals surface area contributed by atoms with Gasteiger partial charge >= 0.3 is 6.09 Å². The molecule has 0 aromatic heterocycles. The highest BCUT2D eigenvalue weighted by Crippen LogP contribution is 2.22. The van der Waals surface area contributed by atoms with Crippen molar-refractivity contribution in [3.05, 3.63) is 0 Å².